The first-order chi connectivity index (χ1) is 10.1. The standard InChI is InChI=1S/C16H20ClN3O/c1-4-11(3)12-6-8-13(9-7-12)19-16(21)15-14(17)10-18-20(15)5-2/h6-11H,4-5H2,1-3H3,(H,19,21). The maximum atomic E-state index is 12.3. The summed E-state index contributed by atoms with van der Waals surface area (Å²) in [6, 6.07) is 7.92. The zero-order chi connectivity index (χ0) is 15.4. The fraction of sp³-hybridized carbons (Fsp3) is 0.375. The largest absolute Gasteiger partial charge is 0.321 e. The van der Waals surface area contributed by atoms with Gasteiger partial charge in [-0.2, -0.15) is 5.10 Å². The number of anilines is 1. The van der Waals surface area contributed by atoms with Crippen LogP contribution in [-0.2, 0) is 6.54 Å². The molecular formula is C16H20ClN3O. The highest BCUT2D eigenvalue weighted by Crippen LogP contribution is 2.22. The van der Waals surface area contributed by atoms with Gasteiger partial charge in [-0.1, -0.05) is 37.6 Å². The van der Waals surface area contributed by atoms with Gasteiger partial charge in [-0.05, 0) is 37.0 Å². The Balaban J connectivity index is 2.14. The number of amides is 1. The summed E-state index contributed by atoms with van der Waals surface area (Å²) in [5.41, 5.74) is 2.42. The van der Waals surface area contributed by atoms with Crippen LogP contribution in [0.25, 0.3) is 0 Å². The third-order valence-electron chi connectivity index (χ3n) is 3.66. The van der Waals surface area contributed by atoms with E-state index in [0.29, 0.717) is 23.2 Å². The molecule has 0 fully saturated rings. The van der Waals surface area contributed by atoms with Crippen LogP contribution in [-0.4, -0.2) is 15.7 Å². The van der Waals surface area contributed by atoms with Crippen LogP contribution in [0.1, 0.15) is 49.2 Å². The van der Waals surface area contributed by atoms with Crippen LogP contribution in [0.5, 0.6) is 0 Å². The summed E-state index contributed by atoms with van der Waals surface area (Å²) in [5.74, 6) is 0.279. The van der Waals surface area contributed by atoms with Gasteiger partial charge in [0.05, 0.1) is 11.2 Å². The van der Waals surface area contributed by atoms with Crippen molar-refractivity contribution in [2.45, 2.75) is 39.7 Å². The summed E-state index contributed by atoms with van der Waals surface area (Å²) in [6.45, 7) is 6.87. The Hall–Kier alpha value is -1.81. The van der Waals surface area contributed by atoms with Gasteiger partial charge in [0.2, 0.25) is 0 Å². The number of hydrogen-bond donors (Lipinski definition) is 1. The average molecular weight is 306 g/mol. The monoisotopic (exact) mass is 305 g/mol. The third-order valence-corrected chi connectivity index (χ3v) is 3.94. The molecule has 21 heavy (non-hydrogen) atoms. The van der Waals surface area contributed by atoms with E-state index in [2.05, 4.69) is 24.3 Å². The highest BCUT2D eigenvalue weighted by Gasteiger charge is 2.16. The summed E-state index contributed by atoms with van der Waals surface area (Å²) in [4.78, 5) is 12.3. The summed E-state index contributed by atoms with van der Waals surface area (Å²) < 4.78 is 1.59. The Morgan fingerprint density at radius 1 is 1.33 bits per heavy atom. The summed E-state index contributed by atoms with van der Waals surface area (Å²) in [5, 5.41) is 7.30. The molecule has 5 heteroatoms. The van der Waals surface area contributed by atoms with E-state index in [9.17, 15) is 4.79 Å². The van der Waals surface area contributed by atoms with Crippen LogP contribution in [0.2, 0.25) is 5.02 Å². The van der Waals surface area contributed by atoms with E-state index in [1.165, 1.54) is 11.8 Å². The summed E-state index contributed by atoms with van der Waals surface area (Å²) in [6.07, 6.45) is 2.59. The van der Waals surface area contributed by atoms with Gasteiger partial charge >= 0.3 is 0 Å². The molecule has 1 unspecified atom stereocenters. The molecule has 0 aliphatic rings. The smallest absolute Gasteiger partial charge is 0.275 e. The van der Waals surface area contributed by atoms with Crippen molar-refractivity contribution in [1.82, 2.24) is 9.78 Å². The van der Waals surface area contributed by atoms with Crippen LogP contribution in [0.15, 0.2) is 30.5 Å². The molecule has 112 valence electrons. The van der Waals surface area contributed by atoms with Gasteiger partial charge < -0.3 is 5.32 Å². The Bertz CT molecular complexity index is 619. The van der Waals surface area contributed by atoms with E-state index in [1.807, 2.05) is 31.2 Å². The highest BCUT2D eigenvalue weighted by atomic mass is 35.5. The molecule has 0 radical (unpaired) electrons. The first-order valence-corrected chi connectivity index (χ1v) is 7.57. The van der Waals surface area contributed by atoms with Crippen molar-refractivity contribution in [3.8, 4) is 0 Å². The van der Waals surface area contributed by atoms with Crippen molar-refractivity contribution < 1.29 is 4.79 Å². The number of hydrogen-bond acceptors (Lipinski definition) is 2. The van der Waals surface area contributed by atoms with Gasteiger partial charge in [0, 0.05) is 12.2 Å². The lowest BCUT2D eigenvalue weighted by atomic mass is 9.99. The molecule has 2 rings (SSSR count). The van der Waals surface area contributed by atoms with Gasteiger partial charge in [-0.25, -0.2) is 0 Å². The van der Waals surface area contributed by atoms with Gasteiger partial charge in [0.15, 0.2) is 0 Å². The lowest BCUT2D eigenvalue weighted by molar-refractivity contribution is 0.101. The van der Waals surface area contributed by atoms with Crippen LogP contribution in [0.3, 0.4) is 0 Å². The van der Waals surface area contributed by atoms with Crippen LogP contribution in [0.4, 0.5) is 5.69 Å². The van der Waals surface area contributed by atoms with Crippen molar-refractivity contribution in [3.63, 3.8) is 0 Å². The van der Waals surface area contributed by atoms with Crippen molar-refractivity contribution in [2.24, 2.45) is 0 Å². The minimum atomic E-state index is -0.240. The Morgan fingerprint density at radius 2 is 2.00 bits per heavy atom. The van der Waals surface area contributed by atoms with Gasteiger partial charge in [-0.15, -0.1) is 0 Å². The van der Waals surface area contributed by atoms with Crippen LogP contribution < -0.4 is 5.32 Å². The zero-order valence-corrected chi connectivity index (χ0v) is 13.3. The van der Waals surface area contributed by atoms with Crippen molar-refractivity contribution in [2.75, 3.05) is 5.32 Å². The molecule has 0 bridgehead atoms. The highest BCUT2D eigenvalue weighted by molar-refractivity contribution is 6.34. The lowest BCUT2D eigenvalue weighted by Crippen LogP contribution is -2.17. The second-order valence-electron chi connectivity index (χ2n) is 5.04. The Labute approximate surface area is 130 Å². The second-order valence-corrected chi connectivity index (χ2v) is 5.45. The van der Waals surface area contributed by atoms with Crippen molar-refractivity contribution >= 4 is 23.2 Å². The molecule has 0 spiro atoms. The lowest BCUT2D eigenvalue weighted by Gasteiger charge is -2.11. The number of carbonyl (C=O) groups is 1. The molecule has 2 aromatic rings. The van der Waals surface area contributed by atoms with Crippen molar-refractivity contribution in [3.05, 3.63) is 46.7 Å². The average Bonchev–Trinajstić information content (AvgIpc) is 2.88. The summed E-state index contributed by atoms with van der Waals surface area (Å²) in [7, 11) is 0. The van der Waals surface area contributed by atoms with Gasteiger partial charge in [0.1, 0.15) is 5.69 Å². The van der Waals surface area contributed by atoms with E-state index in [4.69, 9.17) is 11.6 Å². The normalized spacial score (nSPS) is 12.2. The van der Waals surface area contributed by atoms with Crippen molar-refractivity contribution in [1.29, 1.82) is 0 Å². The van der Waals surface area contributed by atoms with E-state index in [-0.39, 0.29) is 5.91 Å². The molecule has 1 amide bonds. The molecule has 1 aromatic carbocycles. The quantitative estimate of drug-likeness (QED) is 0.894. The molecule has 0 saturated heterocycles. The first-order valence-electron chi connectivity index (χ1n) is 7.19. The number of halogens is 1. The van der Waals surface area contributed by atoms with E-state index >= 15 is 0 Å². The van der Waals surface area contributed by atoms with Gasteiger partial charge in [0.25, 0.3) is 5.91 Å². The molecular weight excluding hydrogens is 286 g/mol. The summed E-state index contributed by atoms with van der Waals surface area (Å²) >= 11 is 6.03. The predicted molar refractivity (Wildman–Crippen MR) is 86.0 cm³/mol. The molecule has 1 atom stereocenters. The maximum Gasteiger partial charge on any atom is 0.275 e. The van der Waals surface area contributed by atoms with E-state index in [0.717, 1.165) is 12.1 Å². The van der Waals surface area contributed by atoms with Crippen LogP contribution in [0, 0.1) is 0 Å². The predicted octanol–water partition coefficient (Wildman–Crippen LogP) is 4.32. The SMILES string of the molecule is CCC(C)c1ccc(NC(=O)c2c(Cl)cnn2CC)cc1. The minimum absolute atomic E-state index is 0.240. The zero-order valence-electron chi connectivity index (χ0n) is 12.6. The first kappa shape index (κ1) is 15.6. The third kappa shape index (κ3) is 3.45. The molecule has 0 aliphatic carbocycles. The topological polar surface area (TPSA) is 46.9 Å². The number of carbonyl (C=O) groups excluding carboxylic acids is 1. The fourth-order valence-electron chi connectivity index (χ4n) is 2.15. The Kier molecular flexibility index (Phi) is 5.02. The number of aryl methyl sites for hydroxylation is 1. The second kappa shape index (κ2) is 6.76. The van der Waals surface area contributed by atoms with Gasteiger partial charge in [-0.3, -0.25) is 9.48 Å². The Morgan fingerprint density at radius 3 is 2.57 bits per heavy atom. The number of rotatable bonds is 5. The molecule has 0 aliphatic heterocycles. The minimum Gasteiger partial charge on any atom is -0.321 e. The number of benzene rings is 1. The maximum absolute atomic E-state index is 12.3. The molecule has 0 saturated carbocycles. The van der Waals surface area contributed by atoms with Crippen LogP contribution >= 0.6 is 11.6 Å². The number of nitrogens with one attached hydrogen (secondary N) is 1. The number of nitrogens with zero attached hydrogens (tertiary/aromatic N) is 2. The van der Waals surface area contributed by atoms with E-state index < -0.39 is 0 Å². The molecule has 1 heterocycles. The number of aromatic nitrogens is 2. The van der Waals surface area contributed by atoms with E-state index in [1.54, 1.807) is 4.68 Å². The molecule has 1 aromatic heterocycles. The fourth-order valence-corrected chi connectivity index (χ4v) is 2.38. The molecule has 4 nitrogen and oxygen atoms in total. The molecule has 1 N–H and O–H groups in total.